The Bertz CT molecular complexity index is 1310. The first kappa shape index (κ1) is 22.6. The molecule has 8 rings (SSSR count). The van der Waals surface area contributed by atoms with E-state index < -0.39 is 0 Å². The average molecular weight is 543 g/mol. The molecular formula is C26H28N7OY. The van der Waals surface area contributed by atoms with Crippen molar-refractivity contribution < 1.29 is 37.4 Å². The van der Waals surface area contributed by atoms with Crippen LogP contribution < -0.4 is 4.90 Å². The van der Waals surface area contributed by atoms with Crippen LogP contribution in [0.1, 0.15) is 54.6 Å². The van der Waals surface area contributed by atoms with Gasteiger partial charge in [-0.15, -0.1) is 0 Å². The fourth-order valence-corrected chi connectivity index (χ4v) is 6.31. The molecule has 4 atom stereocenters. The first-order valence-electron chi connectivity index (χ1n) is 12.6. The van der Waals surface area contributed by atoms with E-state index >= 15 is 0 Å². The predicted molar refractivity (Wildman–Crippen MR) is 126 cm³/mol. The minimum Gasteiger partial charge on any atom is -0.367 e. The summed E-state index contributed by atoms with van der Waals surface area (Å²) < 4.78 is 8.43. The number of nitrogens with zero attached hydrogens (tertiary/aromatic N) is 7. The third-order valence-electron chi connectivity index (χ3n) is 8.51. The molecule has 4 aliphatic carbocycles. The summed E-state index contributed by atoms with van der Waals surface area (Å²) in [5.74, 6) is 4.79. The Hall–Kier alpha value is -1.64. The van der Waals surface area contributed by atoms with Crippen LogP contribution in [0.4, 0.5) is 5.95 Å². The van der Waals surface area contributed by atoms with Crippen LogP contribution in [0.3, 0.4) is 0 Å². The molecule has 4 saturated carbocycles. The molecule has 1 saturated heterocycles. The fraction of sp³-hybridized carbons (Fsp3) is 0.538. The van der Waals surface area contributed by atoms with Gasteiger partial charge in [0.2, 0.25) is 5.95 Å². The van der Waals surface area contributed by atoms with E-state index in [0.29, 0.717) is 30.1 Å². The summed E-state index contributed by atoms with van der Waals surface area (Å²) in [5, 5.41) is 4.58. The second-order valence-electron chi connectivity index (χ2n) is 10.8. The molecule has 35 heavy (non-hydrogen) atoms. The summed E-state index contributed by atoms with van der Waals surface area (Å²) in [7, 11) is 0. The van der Waals surface area contributed by atoms with E-state index in [2.05, 4.69) is 40.6 Å². The SMILES string of the molecule is Cc1nc2nc(N3CC(C)OC(c4cnn(C5CC5)c4)C3)nc([C-]3C4[CH-]C5[CH-]C3C54)c2nc1C.[Y+3]. The number of anilines is 1. The van der Waals surface area contributed by atoms with Gasteiger partial charge in [-0.2, -0.15) is 11.0 Å². The fourth-order valence-electron chi connectivity index (χ4n) is 6.31. The third-order valence-corrected chi connectivity index (χ3v) is 8.51. The Morgan fingerprint density at radius 3 is 2.51 bits per heavy atom. The second kappa shape index (κ2) is 7.93. The molecule has 3 aromatic rings. The standard InChI is InChI=1S/C26H28N7O.Y/c1-12-9-32(11-20(34-12)16-8-27-33(10-16)17-4-5-17)26-30-23(22-18-6-15-7-19(22)21(15)18)24-25(31-26)29-14(3)13(2)28-24;/h6-8,10,12,15,17-21H,4-5,9,11H2,1-3H3;/q-3;+3. The smallest absolute Gasteiger partial charge is 0.367 e. The minimum absolute atomic E-state index is 0. The monoisotopic (exact) mass is 543 g/mol. The first-order chi connectivity index (χ1) is 16.5. The zero-order valence-corrected chi connectivity index (χ0v) is 23.1. The van der Waals surface area contributed by atoms with Gasteiger partial charge in [-0.3, -0.25) is 9.67 Å². The zero-order valence-electron chi connectivity index (χ0n) is 20.3. The molecule has 0 aromatic carbocycles. The van der Waals surface area contributed by atoms with Gasteiger partial charge in [0.15, 0.2) is 0 Å². The van der Waals surface area contributed by atoms with Gasteiger partial charge in [-0.1, -0.05) is 5.69 Å². The van der Waals surface area contributed by atoms with Gasteiger partial charge in [0.1, 0.15) is 11.8 Å². The summed E-state index contributed by atoms with van der Waals surface area (Å²) in [6.45, 7) is 7.60. The van der Waals surface area contributed by atoms with Crippen molar-refractivity contribution in [3.8, 4) is 0 Å². The number of hydrogen-bond acceptors (Lipinski definition) is 7. The maximum absolute atomic E-state index is 6.34. The molecule has 0 spiro atoms. The van der Waals surface area contributed by atoms with Crippen LogP contribution in [0.5, 0.6) is 0 Å². The molecule has 0 radical (unpaired) electrons. The quantitative estimate of drug-likeness (QED) is 0.467. The van der Waals surface area contributed by atoms with E-state index in [0.717, 1.165) is 52.5 Å². The van der Waals surface area contributed by atoms with Crippen LogP contribution >= 0.6 is 0 Å². The van der Waals surface area contributed by atoms with Gasteiger partial charge in [0.25, 0.3) is 0 Å². The number of rotatable bonds is 4. The Morgan fingerprint density at radius 2 is 1.80 bits per heavy atom. The van der Waals surface area contributed by atoms with Gasteiger partial charge in [0.05, 0.1) is 30.6 Å². The van der Waals surface area contributed by atoms with Crippen molar-refractivity contribution in [1.29, 1.82) is 0 Å². The van der Waals surface area contributed by atoms with E-state index in [9.17, 15) is 0 Å². The number of hydrogen-bond donors (Lipinski definition) is 0. The van der Waals surface area contributed by atoms with Crippen molar-refractivity contribution >= 4 is 17.1 Å². The van der Waals surface area contributed by atoms with Crippen LogP contribution in [0.25, 0.3) is 11.2 Å². The zero-order chi connectivity index (χ0) is 22.7. The van der Waals surface area contributed by atoms with E-state index in [1.807, 2.05) is 20.0 Å². The number of ether oxygens (including phenoxy) is 1. The van der Waals surface area contributed by atoms with Crippen LogP contribution in [-0.2, 0) is 37.4 Å². The molecule has 8 nitrogen and oxygen atoms in total. The summed E-state index contributed by atoms with van der Waals surface area (Å²) >= 11 is 0. The van der Waals surface area contributed by atoms with Crippen molar-refractivity contribution in [3.63, 3.8) is 0 Å². The molecule has 5 aliphatic rings. The third kappa shape index (κ3) is 3.35. The van der Waals surface area contributed by atoms with Crippen LogP contribution in [0.2, 0.25) is 0 Å². The predicted octanol–water partition coefficient (Wildman–Crippen LogP) is 3.37. The van der Waals surface area contributed by atoms with Crippen molar-refractivity contribution in [2.24, 2.45) is 23.7 Å². The molecule has 9 heteroatoms. The average Bonchev–Trinajstić information content (AvgIpc) is 3.55. The molecule has 0 N–H and O–H groups in total. The van der Waals surface area contributed by atoms with Crippen LogP contribution in [0.15, 0.2) is 12.4 Å². The second-order valence-corrected chi connectivity index (χ2v) is 10.8. The summed E-state index contributed by atoms with van der Waals surface area (Å²) in [6, 6.07) is 0.567. The van der Waals surface area contributed by atoms with E-state index in [1.165, 1.54) is 18.8 Å². The largest absolute Gasteiger partial charge is 3.00 e. The van der Waals surface area contributed by atoms with Crippen molar-refractivity contribution in [2.45, 2.75) is 51.9 Å². The number of aromatic nitrogens is 6. The minimum atomic E-state index is -0.0498. The van der Waals surface area contributed by atoms with Gasteiger partial charge < -0.3 is 33.4 Å². The molecule has 4 unspecified atom stereocenters. The van der Waals surface area contributed by atoms with E-state index in [-0.39, 0.29) is 44.9 Å². The summed E-state index contributed by atoms with van der Waals surface area (Å²) in [4.78, 5) is 22.1. The molecule has 4 heterocycles. The first-order valence-corrected chi connectivity index (χ1v) is 12.6. The number of morpholine rings is 1. The normalized spacial score (nSPS) is 32.9. The van der Waals surface area contributed by atoms with Gasteiger partial charge in [-0.25, -0.2) is 27.7 Å². The van der Waals surface area contributed by atoms with Crippen molar-refractivity contribution in [1.82, 2.24) is 29.7 Å². The number of aryl methyl sites for hydroxylation is 2. The molecular weight excluding hydrogens is 515 g/mol. The molecule has 5 fully saturated rings. The Morgan fingerprint density at radius 1 is 1.03 bits per heavy atom. The Balaban J connectivity index is 0.00000210. The number of fused-ring (bicyclic) bond motifs is 1. The molecule has 1 aliphatic heterocycles. The van der Waals surface area contributed by atoms with E-state index in [1.54, 1.807) is 0 Å². The molecule has 0 bridgehead atoms. The van der Waals surface area contributed by atoms with E-state index in [4.69, 9.17) is 24.7 Å². The van der Waals surface area contributed by atoms with Crippen molar-refractivity contribution in [2.75, 3.05) is 18.0 Å². The maximum atomic E-state index is 6.34. The molecule has 3 aromatic heterocycles. The Kier molecular flexibility index (Phi) is 5.11. The Labute approximate surface area is 230 Å². The van der Waals surface area contributed by atoms with Gasteiger partial charge in [0, 0.05) is 24.0 Å². The molecule has 176 valence electrons. The topological polar surface area (TPSA) is 81.9 Å². The van der Waals surface area contributed by atoms with Crippen LogP contribution in [-0.4, -0.2) is 48.9 Å². The van der Waals surface area contributed by atoms with Crippen LogP contribution in [0, 0.1) is 56.3 Å². The molecule has 0 amide bonds. The maximum Gasteiger partial charge on any atom is 3.00 e. The van der Waals surface area contributed by atoms with Crippen molar-refractivity contribution in [3.05, 3.63) is 53.8 Å². The summed E-state index contributed by atoms with van der Waals surface area (Å²) in [5.41, 5.74) is 5.55. The van der Waals surface area contributed by atoms with Gasteiger partial charge in [-0.05, 0) is 39.1 Å². The summed E-state index contributed by atoms with van der Waals surface area (Å²) in [6.07, 6.45) is 11.5. The van der Waals surface area contributed by atoms with Gasteiger partial charge >= 0.3 is 32.7 Å².